The van der Waals surface area contributed by atoms with Crippen LogP contribution in [0.2, 0.25) is 0 Å². The fraction of sp³-hybridized carbons (Fsp3) is 0.467. The minimum absolute atomic E-state index is 0.0621. The molecular weight excluding hydrogens is 382 g/mol. The number of aromatic nitrogens is 1. The summed E-state index contributed by atoms with van der Waals surface area (Å²) in [6.07, 6.45) is 1.04. The Morgan fingerprint density at radius 2 is 2.12 bits per heavy atom. The van der Waals surface area contributed by atoms with Crippen LogP contribution in [-0.2, 0) is 14.8 Å². The number of nitrogens with zero attached hydrogens (tertiary/aromatic N) is 1. The quantitative estimate of drug-likeness (QED) is 0.355. The number of carbonyl (C=O) groups excluding carboxylic acids is 1. The van der Waals surface area contributed by atoms with Crippen LogP contribution in [0.4, 0.5) is 0 Å². The molecular formula is C15H21N3O4S3. The highest BCUT2D eigenvalue weighted by molar-refractivity contribution is 8.01. The van der Waals surface area contributed by atoms with E-state index in [9.17, 15) is 13.2 Å². The molecule has 10 heteroatoms. The second kappa shape index (κ2) is 8.45. The van der Waals surface area contributed by atoms with Crippen LogP contribution in [0.15, 0.2) is 27.4 Å². The monoisotopic (exact) mass is 403 g/mol. The zero-order valence-corrected chi connectivity index (χ0v) is 16.6. The van der Waals surface area contributed by atoms with Gasteiger partial charge in [0.25, 0.3) is 5.91 Å². The zero-order valence-electron chi connectivity index (χ0n) is 14.1. The maximum absolute atomic E-state index is 12.6. The summed E-state index contributed by atoms with van der Waals surface area (Å²) in [7, 11) is -3.91. The number of carbonyl (C=O) groups is 1. The first kappa shape index (κ1) is 20.1. The summed E-state index contributed by atoms with van der Waals surface area (Å²) in [4.78, 5) is 16.2. The molecule has 1 aromatic carbocycles. The summed E-state index contributed by atoms with van der Waals surface area (Å²) < 4.78 is 29.2. The van der Waals surface area contributed by atoms with Crippen LogP contribution >= 0.6 is 23.1 Å². The number of hydroxylamine groups is 1. The first-order valence-electron chi connectivity index (χ1n) is 7.78. The van der Waals surface area contributed by atoms with Crippen LogP contribution in [0.3, 0.4) is 0 Å². The normalized spacial score (nSPS) is 13.3. The van der Waals surface area contributed by atoms with Gasteiger partial charge in [0, 0.05) is 5.75 Å². The summed E-state index contributed by atoms with van der Waals surface area (Å²) in [5.41, 5.74) is 2.24. The highest BCUT2D eigenvalue weighted by atomic mass is 32.2. The van der Waals surface area contributed by atoms with E-state index in [0.29, 0.717) is 0 Å². The van der Waals surface area contributed by atoms with Gasteiger partial charge in [0.2, 0.25) is 10.0 Å². The molecule has 0 fully saturated rings. The van der Waals surface area contributed by atoms with Gasteiger partial charge in [-0.2, -0.15) is 4.72 Å². The molecule has 0 aliphatic heterocycles. The van der Waals surface area contributed by atoms with Crippen molar-refractivity contribution in [2.75, 3.05) is 5.75 Å². The maximum Gasteiger partial charge on any atom is 0.261 e. The Bertz CT molecular complexity index is 849. The van der Waals surface area contributed by atoms with Crippen molar-refractivity contribution in [2.24, 2.45) is 5.92 Å². The first-order chi connectivity index (χ1) is 11.8. The second-order valence-electron chi connectivity index (χ2n) is 5.78. The molecule has 0 radical (unpaired) electrons. The van der Waals surface area contributed by atoms with Crippen molar-refractivity contribution in [2.45, 2.75) is 42.5 Å². The van der Waals surface area contributed by atoms with Gasteiger partial charge in [-0.25, -0.2) is 18.9 Å². The molecule has 2 aromatic rings. The fourth-order valence-corrected chi connectivity index (χ4v) is 5.58. The van der Waals surface area contributed by atoms with Gasteiger partial charge in [0.1, 0.15) is 6.04 Å². The van der Waals surface area contributed by atoms with Crippen LogP contribution in [0.25, 0.3) is 10.2 Å². The Balaban J connectivity index is 2.30. The minimum atomic E-state index is -3.91. The summed E-state index contributed by atoms with van der Waals surface area (Å²) >= 11 is 3.09. The lowest BCUT2D eigenvalue weighted by Gasteiger charge is -2.20. The molecule has 1 atom stereocenters. The van der Waals surface area contributed by atoms with Crippen LogP contribution < -0.4 is 10.2 Å². The first-order valence-corrected chi connectivity index (χ1v) is 11.1. The summed E-state index contributed by atoms with van der Waals surface area (Å²) in [5.74, 6) is -0.166. The average molecular weight is 404 g/mol. The minimum Gasteiger partial charge on any atom is -0.289 e. The molecule has 1 heterocycles. The number of thiazole rings is 1. The zero-order chi connectivity index (χ0) is 18.6. The predicted molar refractivity (Wildman–Crippen MR) is 99.5 cm³/mol. The highest BCUT2D eigenvalue weighted by Gasteiger charge is 2.28. The SMILES string of the molecule is CCCSc1nc2ccc(S(=O)(=O)N[C@@H](C(=O)NO)C(C)C)cc2s1. The number of nitrogens with one attached hydrogen (secondary N) is 2. The van der Waals surface area contributed by atoms with Crippen molar-refractivity contribution in [3.05, 3.63) is 18.2 Å². The van der Waals surface area contributed by atoms with Crippen molar-refractivity contribution in [3.8, 4) is 0 Å². The van der Waals surface area contributed by atoms with Gasteiger partial charge >= 0.3 is 0 Å². The van der Waals surface area contributed by atoms with Gasteiger partial charge in [-0.3, -0.25) is 10.0 Å². The molecule has 25 heavy (non-hydrogen) atoms. The number of sulfonamides is 1. The van der Waals surface area contributed by atoms with E-state index in [1.165, 1.54) is 22.9 Å². The van der Waals surface area contributed by atoms with E-state index in [1.54, 1.807) is 37.7 Å². The van der Waals surface area contributed by atoms with Gasteiger partial charge in [-0.15, -0.1) is 11.3 Å². The number of fused-ring (bicyclic) bond motifs is 1. The van der Waals surface area contributed by atoms with E-state index in [-0.39, 0.29) is 10.8 Å². The van der Waals surface area contributed by atoms with Crippen molar-refractivity contribution >= 4 is 49.2 Å². The molecule has 1 aromatic heterocycles. The lowest BCUT2D eigenvalue weighted by molar-refractivity contribution is -0.131. The third-order valence-corrected chi connectivity index (χ3v) is 7.23. The fourth-order valence-electron chi connectivity index (χ4n) is 2.10. The molecule has 0 aliphatic rings. The second-order valence-corrected chi connectivity index (χ2v) is 9.86. The molecule has 2 rings (SSSR count). The number of hydrogen-bond acceptors (Lipinski definition) is 7. The summed E-state index contributed by atoms with van der Waals surface area (Å²) in [6, 6.07) is 3.61. The Morgan fingerprint density at radius 1 is 1.40 bits per heavy atom. The van der Waals surface area contributed by atoms with E-state index in [0.717, 1.165) is 26.7 Å². The van der Waals surface area contributed by atoms with Gasteiger partial charge in [-0.1, -0.05) is 32.5 Å². The van der Waals surface area contributed by atoms with Gasteiger partial charge < -0.3 is 0 Å². The number of amides is 1. The van der Waals surface area contributed by atoms with E-state index >= 15 is 0 Å². The number of thioether (sulfide) groups is 1. The van der Waals surface area contributed by atoms with E-state index in [4.69, 9.17) is 5.21 Å². The number of hydrogen-bond donors (Lipinski definition) is 3. The van der Waals surface area contributed by atoms with E-state index < -0.39 is 22.0 Å². The van der Waals surface area contributed by atoms with E-state index in [1.807, 2.05) is 0 Å². The maximum atomic E-state index is 12.6. The standard InChI is InChI=1S/C15H21N3O4S3/c1-4-7-23-15-16-11-6-5-10(8-12(11)24-15)25(21,22)18-13(9(2)3)14(19)17-20/h5-6,8-9,13,18,20H,4,7H2,1-3H3,(H,17,19)/t13-/m1/s1. The Kier molecular flexibility index (Phi) is 6.80. The topological polar surface area (TPSA) is 108 Å². The van der Waals surface area contributed by atoms with Crippen LogP contribution in [0, 0.1) is 5.92 Å². The predicted octanol–water partition coefficient (Wildman–Crippen LogP) is 2.61. The smallest absolute Gasteiger partial charge is 0.261 e. The van der Waals surface area contributed by atoms with Crippen molar-refractivity contribution in [1.29, 1.82) is 0 Å². The molecule has 0 saturated carbocycles. The Labute approximate surface area is 155 Å². The van der Waals surface area contributed by atoms with Crippen molar-refractivity contribution < 1.29 is 18.4 Å². The molecule has 0 unspecified atom stereocenters. The molecule has 3 N–H and O–H groups in total. The van der Waals surface area contributed by atoms with Crippen LogP contribution in [0.1, 0.15) is 27.2 Å². The van der Waals surface area contributed by atoms with E-state index in [2.05, 4.69) is 16.6 Å². The molecule has 0 bridgehead atoms. The van der Waals surface area contributed by atoms with Crippen molar-refractivity contribution in [3.63, 3.8) is 0 Å². The molecule has 0 aliphatic carbocycles. The van der Waals surface area contributed by atoms with Gasteiger partial charge in [0.15, 0.2) is 4.34 Å². The lowest BCUT2D eigenvalue weighted by atomic mass is 10.1. The van der Waals surface area contributed by atoms with Gasteiger partial charge in [0.05, 0.1) is 15.1 Å². The summed E-state index contributed by atoms with van der Waals surface area (Å²) in [6.45, 7) is 5.46. The van der Waals surface area contributed by atoms with Crippen LogP contribution in [0.5, 0.6) is 0 Å². The number of rotatable bonds is 8. The third-order valence-electron chi connectivity index (χ3n) is 3.42. The summed E-state index contributed by atoms with van der Waals surface area (Å²) in [5, 5.41) is 8.79. The molecule has 7 nitrogen and oxygen atoms in total. The molecule has 1 amide bonds. The average Bonchev–Trinajstić information content (AvgIpc) is 2.98. The third kappa shape index (κ3) is 4.91. The largest absolute Gasteiger partial charge is 0.289 e. The molecule has 0 saturated heterocycles. The Hall–Kier alpha value is -1.20. The van der Waals surface area contributed by atoms with Crippen molar-refractivity contribution in [1.82, 2.24) is 15.2 Å². The number of benzene rings is 1. The highest BCUT2D eigenvalue weighted by Crippen LogP contribution is 2.31. The molecule has 0 spiro atoms. The molecule has 138 valence electrons. The van der Waals surface area contributed by atoms with Gasteiger partial charge in [-0.05, 0) is 30.5 Å². The van der Waals surface area contributed by atoms with Crippen LogP contribution in [-0.4, -0.2) is 36.3 Å². The lowest BCUT2D eigenvalue weighted by Crippen LogP contribution is -2.48. The Morgan fingerprint density at radius 3 is 2.72 bits per heavy atom.